The van der Waals surface area contributed by atoms with Crippen molar-refractivity contribution in [1.82, 2.24) is 9.80 Å². The summed E-state index contributed by atoms with van der Waals surface area (Å²) in [5.74, 6) is 1.23. The van der Waals surface area contributed by atoms with E-state index in [0.717, 1.165) is 57.9 Å². The van der Waals surface area contributed by atoms with E-state index in [0.29, 0.717) is 42.1 Å². The number of allylic oxidation sites excluding steroid dienone is 2. The highest BCUT2D eigenvalue weighted by atomic mass is 16.4. The van der Waals surface area contributed by atoms with Crippen molar-refractivity contribution in [3.63, 3.8) is 0 Å². The molecule has 0 aromatic rings. The molecule has 0 radical (unpaired) electrons. The number of likely N-dealkylation sites (tertiary alicyclic amines) is 1. The number of carboxylic acids is 1. The summed E-state index contributed by atoms with van der Waals surface area (Å²) in [6, 6.07) is 0.234. The zero-order chi connectivity index (χ0) is 29.5. The molecule has 40 heavy (non-hydrogen) atoms. The molecule has 2 aliphatic carbocycles. The van der Waals surface area contributed by atoms with Crippen molar-refractivity contribution < 1.29 is 14.7 Å². The highest BCUT2D eigenvalue weighted by molar-refractivity contribution is 6.39. The molecule has 2 aliphatic heterocycles. The van der Waals surface area contributed by atoms with Gasteiger partial charge in [-0.1, -0.05) is 60.6 Å². The largest absolute Gasteiger partial charge is 0.478 e. The van der Waals surface area contributed by atoms with Gasteiger partial charge in [-0.25, -0.2) is 9.79 Å². The molecule has 0 bridgehead atoms. The summed E-state index contributed by atoms with van der Waals surface area (Å²) in [6.45, 7) is 19.3. The van der Waals surface area contributed by atoms with Gasteiger partial charge in [0.05, 0.1) is 6.04 Å². The van der Waals surface area contributed by atoms with Crippen LogP contribution >= 0.6 is 0 Å². The Kier molecular flexibility index (Phi) is 8.98. The second kappa shape index (κ2) is 11.6. The lowest BCUT2D eigenvalue weighted by atomic mass is 9.69. The Morgan fingerprint density at radius 2 is 1.75 bits per heavy atom. The van der Waals surface area contributed by atoms with Crippen LogP contribution in [-0.4, -0.2) is 56.9 Å². The van der Waals surface area contributed by atoms with Gasteiger partial charge in [-0.15, -0.1) is 0 Å². The third-order valence-electron chi connectivity index (χ3n) is 10.2. The molecule has 1 saturated heterocycles. The van der Waals surface area contributed by atoms with Crippen molar-refractivity contribution in [2.45, 2.75) is 144 Å². The SMILES string of the molecule is CC1CCCN(C2=NC3(CCC(C(C)(C)C)CC3)N([C@H](CCC(C)(C)C)C3=CC=C(C(=O)O)CC3)C2=O)C(C)C1. The molecule has 2 heterocycles. The lowest BCUT2D eigenvalue weighted by Gasteiger charge is -2.48. The number of amides is 1. The number of amidine groups is 1. The average molecular weight is 554 g/mol. The Morgan fingerprint density at radius 3 is 2.30 bits per heavy atom. The first-order valence-electron chi connectivity index (χ1n) is 15.9. The van der Waals surface area contributed by atoms with Crippen LogP contribution in [0.1, 0.15) is 126 Å². The van der Waals surface area contributed by atoms with Crippen LogP contribution < -0.4 is 0 Å². The van der Waals surface area contributed by atoms with Crippen molar-refractivity contribution in [2.75, 3.05) is 6.54 Å². The molecule has 2 unspecified atom stereocenters. The molecule has 6 heteroatoms. The lowest BCUT2D eigenvalue weighted by molar-refractivity contribution is -0.134. The summed E-state index contributed by atoms with van der Waals surface area (Å²) in [5, 5.41) is 9.58. The quantitative estimate of drug-likeness (QED) is 0.380. The summed E-state index contributed by atoms with van der Waals surface area (Å²) in [7, 11) is 0. The van der Waals surface area contributed by atoms with Crippen molar-refractivity contribution in [3.05, 3.63) is 23.3 Å². The molecule has 1 spiro atoms. The van der Waals surface area contributed by atoms with Gasteiger partial charge in [0.1, 0.15) is 5.66 Å². The van der Waals surface area contributed by atoms with E-state index in [-0.39, 0.29) is 22.8 Å². The van der Waals surface area contributed by atoms with E-state index >= 15 is 0 Å². The molecule has 1 N–H and O–H groups in total. The number of carbonyl (C=O) groups excluding carboxylic acids is 1. The number of carboxylic acid groups (broad SMARTS) is 1. The zero-order valence-corrected chi connectivity index (χ0v) is 26.6. The van der Waals surface area contributed by atoms with Gasteiger partial charge < -0.3 is 14.9 Å². The third-order valence-corrected chi connectivity index (χ3v) is 10.2. The number of aliphatic imine (C=N–C) groups is 1. The van der Waals surface area contributed by atoms with E-state index in [1.54, 1.807) is 6.08 Å². The summed E-state index contributed by atoms with van der Waals surface area (Å²) < 4.78 is 0. The maximum absolute atomic E-state index is 14.7. The number of aliphatic carboxylic acids is 1. The van der Waals surface area contributed by atoms with E-state index in [1.807, 2.05) is 6.08 Å². The Balaban J connectivity index is 1.76. The molecular formula is C34H55N3O3. The van der Waals surface area contributed by atoms with E-state index in [9.17, 15) is 14.7 Å². The molecule has 4 rings (SSSR count). The molecule has 0 aromatic heterocycles. The highest BCUT2D eigenvalue weighted by Gasteiger charge is 2.54. The molecule has 6 nitrogen and oxygen atoms in total. The molecule has 1 amide bonds. The topological polar surface area (TPSA) is 73.2 Å². The summed E-state index contributed by atoms with van der Waals surface area (Å²) >= 11 is 0. The van der Waals surface area contributed by atoms with Crippen molar-refractivity contribution in [1.29, 1.82) is 0 Å². The normalized spacial score (nSPS) is 31.1. The van der Waals surface area contributed by atoms with Crippen LogP contribution in [0.15, 0.2) is 28.3 Å². The van der Waals surface area contributed by atoms with Gasteiger partial charge in [0.25, 0.3) is 5.91 Å². The van der Waals surface area contributed by atoms with Crippen molar-refractivity contribution in [3.8, 4) is 0 Å². The van der Waals surface area contributed by atoms with Crippen LogP contribution in [0.2, 0.25) is 0 Å². The van der Waals surface area contributed by atoms with Crippen LogP contribution in [0.3, 0.4) is 0 Å². The molecule has 2 fully saturated rings. The van der Waals surface area contributed by atoms with Gasteiger partial charge in [-0.3, -0.25) is 4.79 Å². The number of hydrogen-bond acceptors (Lipinski definition) is 4. The molecule has 4 aliphatic rings. The summed E-state index contributed by atoms with van der Waals surface area (Å²) in [6.07, 6.45) is 14.2. The van der Waals surface area contributed by atoms with E-state index in [2.05, 4.69) is 65.2 Å². The number of hydrogen-bond donors (Lipinski definition) is 1. The van der Waals surface area contributed by atoms with Gasteiger partial charge in [-0.05, 0) is 106 Å². The lowest BCUT2D eigenvalue weighted by Crippen LogP contribution is -2.56. The minimum absolute atomic E-state index is 0.0630. The fraction of sp³-hybridized carbons (Fsp3) is 0.794. The predicted molar refractivity (Wildman–Crippen MR) is 163 cm³/mol. The smallest absolute Gasteiger partial charge is 0.331 e. The minimum atomic E-state index is -0.842. The maximum Gasteiger partial charge on any atom is 0.331 e. The van der Waals surface area contributed by atoms with E-state index < -0.39 is 11.6 Å². The Hall–Kier alpha value is -2.11. The number of carbonyl (C=O) groups is 2. The second-order valence-electron chi connectivity index (χ2n) is 15.6. The first-order chi connectivity index (χ1) is 18.6. The number of rotatable bonds is 5. The summed E-state index contributed by atoms with van der Waals surface area (Å²) in [5.41, 5.74) is 1.51. The van der Waals surface area contributed by atoms with Gasteiger partial charge in [-0.2, -0.15) is 0 Å². The van der Waals surface area contributed by atoms with Crippen LogP contribution in [0.4, 0.5) is 0 Å². The van der Waals surface area contributed by atoms with Gasteiger partial charge in [0, 0.05) is 18.2 Å². The number of nitrogens with zero attached hydrogens (tertiary/aromatic N) is 3. The Labute approximate surface area is 243 Å². The summed E-state index contributed by atoms with van der Waals surface area (Å²) in [4.78, 5) is 36.4. The Bertz CT molecular complexity index is 1050. The standard InChI is InChI=1S/C34H55N3O3/c1-23-10-9-21-36(24(2)22-23)29-30(38)37(34(35-29)19-15-27(16-20-34)33(6,7)8)28(17-18-32(3,4)5)25-11-13-26(14-12-25)31(39)40/h11,13,23-24,27-28H,9-10,12,14-22H2,1-8H3,(H,39,40)/t23?,24?,27?,28-,34?/m1/s1. The zero-order valence-electron chi connectivity index (χ0n) is 26.6. The first-order valence-corrected chi connectivity index (χ1v) is 15.9. The van der Waals surface area contributed by atoms with Gasteiger partial charge in [0.15, 0.2) is 5.84 Å². The van der Waals surface area contributed by atoms with Crippen LogP contribution in [0.5, 0.6) is 0 Å². The Morgan fingerprint density at radius 1 is 1.07 bits per heavy atom. The second-order valence-corrected chi connectivity index (χ2v) is 15.6. The molecule has 1 saturated carbocycles. The maximum atomic E-state index is 14.7. The predicted octanol–water partition coefficient (Wildman–Crippen LogP) is 7.60. The van der Waals surface area contributed by atoms with Crippen molar-refractivity contribution in [2.24, 2.45) is 27.7 Å². The van der Waals surface area contributed by atoms with E-state index in [4.69, 9.17) is 4.99 Å². The van der Waals surface area contributed by atoms with Crippen LogP contribution in [0.25, 0.3) is 0 Å². The average Bonchev–Trinajstić information content (AvgIpc) is 3.00. The van der Waals surface area contributed by atoms with Gasteiger partial charge >= 0.3 is 5.97 Å². The molecule has 3 atom stereocenters. The fourth-order valence-electron chi connectivity index (χ4n) is 7.64. The van der Waals surface area contributed by atoms with Crippen LogP contribution in [0, 0.1) is 22.7 Å². The van der Waals surface area contributed by atoms with Crippen molar-refractivity contribution >= 4 is 17.7 Å². The minimum Gasteiger partial charge on any atom is -0.478 e. The first kappa shape index (κ1) is 30.8. The van der Waals surface area contributed by atoms with Crippen LogP contribution in [-0.2, 0) is 9.59 Å². The van der Waals surface area contributed by atoms with E-state index in [1.165, 1.54) is 12.0 Å². The fourth-order valence-corrected chi connectivity index (χ4v) is 7.64. The monoisotopic (exact) mass is 553 g/mol. The van der Waals surface area contributed by atoms with Gasteiger partial charge in [0.2, 0.25) is 0 Å². The molecule has 0 aromatic carbocycles. The molecule has 224 valence electrons. The molecular weight excluding hydrogens is 498 g/mol. The third kappa shape index (κ3) is 6.68. The highest BCUT2D eigenvalue weighted by Crippen LogP contribution is 2.49.